The molecule has 130 valence electrons. The van der Waals surface area contributed by atoms with Crippen molar-refractivity contribution in [2.45, 2.75) is 65.2 Å². The molecule has 0 N–H and O–H groups in total. The molecule has 2 aromatic rings. The van der Waals surface area contributed by atoms with Crippen LogP contribution in [0.2, 0.25) is 0 Å². The molecule has 0 bridgehead atoms. The maximum absolute atomic E-state index is 13.3. The zero-order chi connectivity index (χ0) is 17.3. The van der Waals surface area contributed by atoms with Crippen LogP contribution in [0.4, 0.5) is 8.78 Å². The van der Waals surface area contributed by atoms with Crippen molar-refractivity contribution >= 4 is 0 Å². The van der Waals surface area contributed by atoms with E-state index in [9.17, 15) is 8.78 Å². The Balaban J connectivity index is 1.80. The van der Waals surface area contributed by atoms with Crippen LogP contribution in [0.3, 0.4) is 0 Å². The Labute approximate surface area is 141 Å². The molecule has 1 fully saturated rings. The number of hydrogen-bond donors (Lipinski definition) is 0. The van der Waals surface area contributed by atoms with E-state index in [1.165, 1.54) is 0 Å². The molecule has 0 amide bonds. The molecule has 0 radical (unpaired) electrons. The summed E-state index contributed by atoms with van der Waals surface area (Å²) in [5, 5.41) is 4.54. The second kappa shape index (κ2) is 6.57. The van der Waals surface area contributed by atoms with Gasteiger partial charge in [0.2, 0.25) is 5.92 Å². The van der Waals surface area contributed by atoms with Crippen LogP contribution in [-0.4, -0.2) is 25.7 Å². The van der Waals surface area contributed by atoms with E-state index in [1.54, 1.807) is 4.68 Å². The van der Waals surface area contributed by atoms with Gasteiger partial charge in [0.1, 0.15) is 0 Å². The van der Waals surface area contributed by atoms with Gasteiger partial charge >= 0.3 is 0 Å². The van der Waals surface area contributed by atoms with Gasteiger partial charge in [0.05, 0.1) is 5.69 Å². The first-order valence-corrected chi connectivity index (χ1v) is 8.64. The lowest BCUT2D eigenvalue weighted by molar-refractivity contribution is -0.0457. The van der Waals surface area contributed by atoms with Crippen LogP contribution in [0.5, 0.6) is 0 Å². The number of aryl methyl sites for hydroxylation is 3. The first-order chi connectivity index (χ1) is 11.4. The Morgan fingerprint density at radius 1 is 1.12 bits per heavy atom. The molecule has 0 aliphatic heterocycles. The highest BCUT2D eigenvalue weighted by Crippen LogP contribution is 2.37. The molecule has 1 aliphatic rings. The van der Waals surface area contributed by atoms with Crippen LogP contribution in [0, 0.1) is 19.8 Å². The van der Waals surface area contributed by atoms with Crippen LogP contribution in [0.15, 0.2) is 12.1 Å². The molecule has 3 rings (SSSR count). The highest BCUT2D eigenvalue weighted by atomic mass is 19.3. The summed E-state index contributed by atoms with van der Waals surface area (Å²) in [5.74, 6) is -1.63. The zero-order valence-corrected chi connectivity index (χ0v) is 14.5. The lowest BCUT2D eigenvalue weighted by atomic mass is 9.84. The normalized spacial score (nSPS) is 18.0. The minimum absolute atomic E-state index is 0.00723. The molecular weight excluding hydrogens is 310 g/mol. The molecule has 0 unspecified atom stereocenters. The molecule has 6 heteroatoms. The van der Waals surface area contributed by atoms with Crippen LogP contribution < -0.4 is 0 Å². The van der Waals surface area contributed by atoms with E-state index in [4.69, 9.17) is 0 Å². The number of hydrogen-bond acceptors (Lipinski definition) is 3. The van der Waals surface area contributed by atoms with Gasteiger partial charge in [-0.05, 0) is 57.6 Å². The van der Waals surface area contributed by atoms with Gasteiger partial charge in [0.15, 0.2) is 0 Å². The Kier molecular flexibility index (Phi) is 4.65. The first-order valence-electron chi connectivity index (χ1n) is 8.64. The van der Waals surface area contributed by atoms with Gasteiger partial charge in [-0.25, -0.2) is 23.4 Å². The third kappa shape index (κ3) is 3.79. The number of halogens is 2. The minimum Gasteiger partial charge on any atom is -0.216 e. The summed E-state index contributed by atoms with van der Waals surface area (Å²) >= 11 is 0. The summed E-state index contributed by atoms with van der Waals surface area (Å²) in [6.45, 7) is 5.98. The lowest BCUT2D eigenvalue weighted by Gasteiger charge is -2.28. The maximum Gasteiger partial charge on any atom is 0.251 e. The second-order valence-electron chi connectivity index (χ2n) is 6.85. The van der Waals surface area contributed by atoms with Crippen molar-refractivity contribution in [2.75, 3.05) is 0 Å². The predicted molar refractivity (Wildman–Crippen MR) is 88.6 cm³/mol. The van der Waals surface area contributed by atoms with E-state index < -0.39 is 5.92 Å². The lowest BCUT2D eigenvalue weighted by Crippen LogP contribution is -2.25. The fourth-order valence-electron chi connectivity index (χ4n) is 3.33. The highest BCUT2D eigenvalue weighted by Gasteiger charge is 2.34. The predicted octanol–water partition coefficient (Wildman–Crippen LogP) is 4.21. The molecule has 24 heavy (non-hydrogen) atoms. The molecule has 2 heterocycles. The topological polar surface area (TPSA) is 43.6 Å². The summed E-state index contributed by atoms with van der Waals surface area (Å²) < 4.78 is 28.4. The van der Waals surface area contributed by atoms with E-state index >= 15 is 0 Å². The van der Waals surface area contributed by atoms with Gasteiger partial charge in [-0.2, -0.15) is 5.10 Å². The molecule has 0 spiro atoms. The fraction of sp³-hybridized carbons (Fsp3) is 0.611. The number of rotatable bonds is 4. The molecule has 0 saturated heterocycles. The van der Waals surface area contributed by atoms with Crippen molar-refractivity contribution < 1.29 is 8.78 Å². The summed E-state index contributed by atoms with van der Waals surface area (Å²) in [4.78, 5) is 9.14. The van der Waals surface area contributed by atoms with E-state index in [2.05, 4.69) is 22.0 Å². The van der Waals surface area contributed by atoms with Crippen molar-refractivity contribution in [3.8, 4) is 5.95 Å². The largest absolute Gasteiger partial charge is 0.251 e. The molecule has 0 atom stereocenters. The maximum atomic E-state index is 13.3. The monoisotopic (exact) mass is 334 g/mol. The SMILES string of the molecule is CCc1cc(C)n(-c2nc(C)cc(CC3CCC(F)(F)CC3)n2)n1. The van der Waals surface area contributed by atoms with Crippen molar-refractivity contribution in [1.29, 1.82) is 0 Å². The number of nitrogens with zero attached hydrogens (tertiary/aromatic N) is 4. The number of alkyl halides is 2. The van der Waals surface area contributed by atoms with Crippen LogP contribution >= 0.6 is 0 Å². The first kappa shape index (κ1) is 17.0. The smallest absolute Gasteiger partial charge is 0.216 e. The number of aromatic nitrogens is 4. The van der Waals surface area contributed by atoms with Gasteiger partial charge in [-0.15, -0.1) is 0 Å². The molecular formula is C18H24F2N4. The molecule has 1 aliphatic carbocycles. The third-order valence-corrected chi connectivity index (χ3v) is 4.72. The van der Waals surface area contributed by atoms with Crippen LogP contribution in [-0.2, 0) is 12.8 Å². The Morgan fingerprint density at radius 2 is 1.83 bits per heavy atom. The standard InChI is InChI=1S/C18H24F2N4/c1-4-15-10-13(3)24(23-15)17-21-12(2)9-16(22-17)11-14-5-7-18(19,20)8-6-14/h9-10,14H,4-8,11H2,1-3H3. The summed E-state index contributed by atoms with van der Waals surface area (Å²) in [6, 6.07) is 3.99. The van der Waals surface area contributed by atoms with E-state index in [-0.39, 0.29) is 18.8 Å². The van der Waals surface area contributed by atoms with Crippen molar-refractivity contribution in [2.24, 2.45) is 5.92 Å². The van der Waals surface area contributed by atoms with Gasteiger partial charge in [0.25, 0.3) is 5.95 Å². The summed E-state index contributed by atoms with van der Waals surface area (Å²) in [5.41, 5.74) is 3.80. The van der Waals surface area contributed by atoms with Crippen LogP contribution in [0.1, 0.15) is 55.4 Å². The summed E-state index contributed by atoms with van der Waals surface area (Å²) in [6.07, 6.45) is 2.70. The molecule has 1 saturated carbocycles. The van der Waals surface area contributed by atoms with Crippen molar-refractivity contribution in [3.63, 3.8) is 0 Å². The third-order valence-electron chi connectivity index (χ3n) is 4.72. The molecule has 4 nitrogen and oxygen atoms in total. The molecule has 2 aromatic heterocycles. The Hall–Kier alpha value is -1.85. The zero-order valence-electron chi connectivity index (χ0n) is 14.5. The van der Waals surface area contributed by atoms with Crippen molar-refractivity contribution in [3.05, 3.63) is 34.9 Å². The van der Waals surface area contributed by atoms with E-state index in [0.29, 0.717) is 18.8 Å². The van der Waals surface area contributed by atoms with Crippen molar-refractivity contribution in [1.82, 2.24) is 19.7 Å². The average molecular weight is 334 g/mol. The van der Waals surface area contributed by atoms with Gasteiger partial charge < -0.3 is 0 Å². The Bertz CT molecular complexity index is 714. The second-order valence-corrected chi connectivity index (χ2v) is 6.85. The quantitative estimate of drug-likeness (QED) is 0.841. The Morgan fingerprint density at radius 3 is 2.46 bits per heavy atom. The highest BCUT2D eigenvalue weighted by molar-refractivity contribution is 5.23. The summed E-state index contributed by atoms with van der Waals surface area (Å²) in [7, 11) is 0. The minimum atomic E-state index is -2.48. The van der Waals surface area contributed by atoms with E-state index in [0.717, 1.165) is 35.6 Å². The van der Waals surface area contributed by atoms with Gasteiger partial charge in [-0.3, -0.25) is 0 Å². The van der Waals surface area contributed by atoms with E-state index in [1.807, 2.05) is 26.0 Å². The van der Waals surface area contributed by atoms with Crippen LogP contribution in [0.25, 0.3) is 5.95 Å². The molecule has 0 aromatic carbocycles. The average Bonchev–Trinajstić information content (AvgIpc) is 2.90. The van der Waals surface area contributed by atoms with Gasteiger partial charge in [-0.1, -0.05) is 6.92 Å². The fourth-order valence-corrected chi connectivity index (χ4v) is 3.33. The van der Waals surface area contributed by atoms with Gasteiger partial charge in [0, 0.05) is 29.9 Å².